The molecule has 2 heterocycles. The molecule has 1 fully saturated rings. The minimum absolute atomic E-state index is 0.00686. The second-order valence-corrected chi connectivity index (χ2v) is 8.93. The maximum absolute atomic E-state index is 12.2. The summed E-state index contributed by atoms with van der Waals surface area (Å²) in [6.07, 6.45) is 5.60. The third-order valence-electron chi connectivity index (χ3n) is 4.93. The molecule has 6 nitrogen and oxygen atoms in total. The standard InChI is InChI=1S/C20H25N3O3S/c24-20(10-15-27(25,26)19-4-2-1-3-5-19)22-16-17-8-13-23(14-9-17)18-6-11-21-12-7-18/h1-7,11-12,17H,8-10,13-16H2,(H,22,24). The van der Waals surface area contributed by atoms with Gasteiger partial charge in [-0.25, -0.2) is 8.42 Å². The van der Waals surface area contributed by atoms with Gasteiger partial charge in [-0.1, -0.05) is 18.2 Å². The molecule has 1 N–H and O–H groups in total. The lowest BCUT2D eigenvalue weighted by Gasteiger charge is -2.33. The number of nitrogens with zero attached hydrogens (tertiary/aromatic N) is 2. The summed E-state index contributed by atoms with van der Waals surface area (Å²) >= 11 is 0. The highest BCUT2D eigenvalue weighted by Crippen LogP contribution is 2.22. The van der Waals surface area contributed by atoms with E-state index in [0.717, 1.165) is 25.9 Å². The van der Waals surface area contributed by atoms with Gasteiger partial charge >= 0.3 is 0 Å². The van der Waals surface area contributed by atoms with E-state index >= 15 is 0 Å². The van der Waals surface area contributed by atoms with Crippen molar-refractivity contribution in [2.45, 2.75) is 24.2 Å². The summed E-state index contributed by atoms with van der Waals surface area (Å²) in [6.45, 7) is 2.51. The molecule has 1 aromatic carbocycles. The summed E-state index contributed by atoms with van der Waals surface area (Å²) < 4.78 is 24.4. The summed E-state index contributed by atoms with van der Waals surface area (Å²) in [5, 5.41) is 2.90. The van der Waals surface area contributed by atoms with E-state index in [-0.39, 0.29) is 23.0 Å². The summed E-state index contributed by atoms with van der Waals surface area (Å²) in [6, 6.07) is 12.3. The summed E-state index contributed by atoms with van der Waals surface area (Å²) in [5.41, 5.74) is 1.18. The second-order valence-electron chi connectivity index (χ2n) is 6.82. The molecular formula is C20H25N3O3S. The van der Waals surface area contributed by atoms with Crippen molar-refractivity contribution >= 4 is 21.4 Å². The molecule has 0 atom stereocenters. The molecular weight excluding hydrogens is 362 g/mol. The van der Waals surface area contributed by atoms with Gasteiger partial charge in [0.2, 0.25) is 5.91 Å². The fourth-order valence-electron chi connectivity index (χ4n) is 3.27. The highest BCUT2D eigenvalue weighted by Gasteiger charge is 2.21. The fraction of sp³-hybridized carbons (Fsp3) is 0.400. The van der Waals surface area contributed by atoms with Crippen LogP contribution in [0.2, 0.25) is 0 Å². The predicted octanol–water partition coefficient (Wildman–Crippen LogP) is 2.28. The van der Waals surface area contributed by atoms with Crippen molar-refractivity contribution in [2.75, 3.05) is 30.3 Å². The molecule has 0 radical (unpaired) electrons. The molecule has 1 amide bonds. The molecule has 2 aromatic rings. The van der Waals surface area contributed by atoms with E-state index in [9.17, 15) is 13.2 Å². The molecule has 1 aliphatic heterocycles. The maximum Gasteiger partial charge on any atom is 0.221 e. The van der Waals surface area contributed by atoms with Crippen LogP contribution in [0.4, 0.5) is 5.69 Å². The summed E-state index contributed by atoms with van der Waals surface area (Å²) in [5.74, 6) is 0.0624. The number of aromatic nitrogens is 1. The Balaban J connectivity index is 1.39. The number of benzene rings is 1. The first-order chi connectivity index (χ1) is 13.0. The van der Waals surface area contributed by atoms with Crippen LogP contribution in [0.5, 0.6) is 0 Å². The molecule has 0 bridgehead atoms. The molecule has 1 aliphatic rings. The molecule has 1 aromatic heterocycles. The first-order valence-corrected chi connectivity index (χ1v) is 10.9. The van der Waals surface area contributed by atoms with Gasteiger partial charge in [0, 0.05) is 44.1 Å². The zero-order valence-electron chi connectivity index (χ0n) is 15.3. The number of carbonyl (C=O) groups excluding carboxylic acids is 1. The van der Waals surface area contributed by atoms with Crippen molar-refractivity contribution in [1.82, 2.24) is 10.3 Å². The number of pyridine rings is 1. The van der Waals surface area contributed by atoms with Gasteiger partial charge < -0.3 is 10.2 Å². The third-order valence-corrected chi connectivity index (χ3v) is 6.66. The topological polar surface area (TPSA) is 79.4 Å². The van der Waals surface area contributed by atoms with Crippen LogP contribution in [0.15, 0.2) is 59.8 Å². The number of amides is 1. The van der Waals surface area contributed by atoms with Crippen LogP contribution < -0.4 is 10.2 Å². The second kappa shape index (κ2) is 8.99. The molecule has 0 spiro atoms. The Morgan fingerprint density at radius 2 is 1.74 bits per heavy atom. The van der Waals surface area contributed by atoms with Crippen LogP contribution in [-0.4, -0.2) is 44.7 Å². The SMILES string of the molecule is O=C(CCS(=O)(=O)c1ccccc1)NCC1CCN(c2ccncc2)CC1. The lowest BCUT2D eigenvalue weighted by Crippen LogP contribution is -2.39. The van der Waals surface area contributed by atoms with E-state index in [1.165, 1.54) is 5.69 Å². The summed E-state index contributed by atoms with van der Waals surface area (Å²) in [7, 11) is -3.41. The minimum atomic E-state index is -3.41. The number of anilines is 1. The van der Waals surface area contributed by atoms with Crippen LogP contribution in [0, 0.1) is 5.92 Å². The molecule has 7 heteroatoms. The molecule has 0 aliphatic carbocycles. The highest BCUT2D eigenvalue weighted by atomic mass is 32.2. The quantitative estimate of drug-likeness (QED) is 0.788. The van der Waals surface area contributed by atoms with Gasteiger partial charge in [-0.2, -0.15) is 0 Å². The van der Waals surface area contributed by atoms with Gasteiger partial charge in [0.1, 0.15) is 0 Å². The molecule has 0 saturated carbocycles. The third kappa shape index (κ3) is 5.53. The van der Waals surface area contributed by atoms with Gasteiger partial charge in [0.15, 0.2) is 9.84 Å². The molecule has 144 valence electrons. The Morgan fingerprint density at radius 1 is 1.07 bits per heavy atom. The molecule has 1 saturated heterocycles. The Morgan fingerprint density at radius 3 is 2.41 bits per heavy atom. The molecule has 27 heavy (non-hydrogen) atoms. The Kier molecular flexibility index (Phi) is 6.45. The number of rotatable bonds is 7. The van der Waals surface area contributed by atoms with Crippen molar-refractivity contribution in [3.63, 3.8) is 0 Å². The Labute approximate surface area is 160 Å². The molecule has 0 unspecified atom stereocenters. The van der Waals surface area contributed by atoms with E-state index in [0.29, 0.717) is 12.5 Å². The van der Waals surface area contributed by atoms with Gasteiger partial charge in [-0.15, -0.1) is 0 Å². The van der Waals surface area contributed by atoms with Crippen LogP contribution in [-0.2, 0) is 14.6 Å². The summed E-state index contributed by atoms with van der Waals surface area (Å²) in [4.78, 5) is 18.7. The number of carbonyl (C=O) groups is 1. The number of sulfone groups is 1. The fourth-order valence-corrected chi connectivity index (χ4v) is 4.53. The van der Waals surface area contributed by atoms with E-state index in [1.54, 1.807) is 42.7 Å². The van der Waals surface area contributed by atoms with Crippen molar-refractivity contribution < 1.29 is 13.2 Å². The number of hydrogen-bond acceptors (Lipinski definition) is 5. The zero-order valence-corrected chi connectivity index (χ0v) is 16.1. The minimum Gasteiger partial charge on any atom is -0.371 e. The number of nitrogens with one attached hydrogen (secondary N) is 1. The number of piperidine rings is 1. The van der Waals surface area contributed by atoms with Crippen molar-refractivity contribution in [3.05, 3.63) is 54.9 Å². The monoisotopic (exact) mass is 387 g/mol. The first-order valence-electron chi connectivity index (χ1n) is 9.24. The van der Waals surface area contributed by atoms with Crippen LogP contribution in [0.25, 0.3) is 0 Å². The van der Waals surface area contributed by atoms with Crippen LogP contribution in [0.3, 0.4) is 0 Å². The Hall–Kier alpha value is -2.41. The van der Waals surface area contributed by atoms with E-state index < -0.39 is 9.84 Å². The highest BCUT2D eigenvalue weighted by molar-refractivity contribution is 7.91. The number of hydrogen-bond donors (Lipinski definition) is 1. The van der Waals surface area contributed by atoms with Crippen LogP contribution >= 0.6 is 0 Å². The average Bonchev–Trinajstić information content (AvgIpc) is 2.72. The van der Waals surface area contributed by atoms with Crippen LogP contribution in [0.1, 0.15) is 19.3 Å². The van der Waals surface area contributed by atoms with Gasteiger partial charge in [-0.05, 0) is 43.0 Å². The van der Waals surface area contributed by atoms with E-state index in [4.69, 9.17) is 0 Å². The Bertz CT molecular complexity index is 833. The predicted molar refractivity (Wildman–Crippen MR) is 105 cm³/mol. The van der Waals surface area contributed by atoms with E-state index in [2.05, 4.69) is 15.2 Å². The van der Waals surface area contributed by atoms with Crippen molar-refractivity contribution in [3.8, 4) is 0 Å². The van der Waals surface area contributed by atoms with Crippen molar-refractivity contribution in [1.29, 1.82) is 0 Å². The zero-order chi connectivity index (χ0) is 19.1. The molecule has 3 rings (SSSR count). The normalized spacial score (nSPS) is 15.5. The first kappa shape index (κ1) is 19.4. The lowest BCUT2D eigenvalue weighted by atomic mass is 9.96. The van der Waals surface area contributed by atoms with Gasteiger partial charge in [0.25, 0.3) is 0 Å². The lowest BCUT2D eigenvalue weighted by molar-refractivity contribution is -0.120. The van der Waals surface area contributed by atoms with Gasteiger partial charge in [0.05, 0.1) is 10.6 Å². The maximum atomic E-state index is 12.2. The largest absolute Gasteiger partial charge is 0.371 e. The van der Waals surface area contributed by atoms with Gasteiger partial charge in [-0.3, -0.25) is 9.78 Å². The van der Waals surface area contributed by atoms with Crippen molar-refractivity contribution in [2.24, 2.45) is 5.92 Å². The average molecular weight is 388 g/mol. The smallest absolute Gasteiger partial charge is 0.221 e. The van der Waals surface area contributed by atoms with E-state index in [1.807, 2.05) is 12.1 Å².